The molecule has 2 rings (SSSR count). The second kappa shape index (κ2) is 9.25. The minimum absolute atomic E-state index is 0.0858. The molecule has 1 fully saturated rings. The number of benzene rings is 1. The molecule has 0 radical (unpaired) electrons. The summed E-state index contributed by atoms with van der Waals surface area (Å²) < 4.78 is 13.6. The van der Waals surface area contributed by atoms with Crippen LogP contribution < -0.4 is 16.0 Å². The molecule has 24 heavy (non-hydrogen) atoms. The fraction of sp³-hybridized carbons (Fsp3) is 0.556. The first kappa shape index (κ1) is 18.2. The first-order chi connectivity index (χ1) is 11.6. The Morgan fingerprint density at radius 3 is 2.54 bits per heavy atom. The Labute approximate surface area is 142 Å². The Balaban J connectivity index is 1.60. The van der Waals surface area contributed by atoms with Crippen LogP contribution >= 0.6 is 0 Å². The Morgan fingerprint density at radius 2 is 1.83 bits per heavy atom. The van der Waals surface area contributed by atoms with Crippen molar-refractivity contribution in [3.8, 4) is 0 Å². The number of carbonyl (C=O) groups excluding carboxylic acids is 2. The van der Waals surface area contributed by atoms with Gasteiger partial charge in [-0.3, -0.25) is 4.79 Å². The molecular weight excluding hydrogens is 309 g/mol. The summed E-state index contributed by atoms with van der Waals surface area (Å²) >= 11 is 0. The average molecular weight is 335 g/mol. The third-order valence-corrected chi connectivity index (χ3v) is 4.30. The van der Waals surface area contributed by atoms with Gasteiger partial charge in [-0.05, 0) is 37.8 Å². The molecule has 3 N–H and O–H groups in total. The SMILES string of the molecule is CC(Cc1ccccc1F)NC(=O)NCCNC(=O)C1CCCC1. The fourth-order valence-corrected chi connectivity index (χ4v) is 3.01. The Bertz CT molecular complexity index is 559. The first-order valence-electron chi connectivity index (χ1n) is 8.61. The van der Waals surface area contributed by atoms with Crippen molar-refractivity contribution in [1.29, 1.82) is 0 Å². The maximum Gasteiger partial charge on any atom is 0.315 e. The van der Waals surface area contributed by atoms with Crippen LogP contribution in [0.25, 0.3) is 0 Å². The predicted octanol–water partition coefficient (Wildman–Crippen LogP) is 2.36. The minimum Gasteiger partial charge on any atom is -0.354 e. The van der Waals surface area contributed by atoms with Crippen molar-refractivity contribution in [3.05, 3.63) is 35.6 Å². The number of halogens is 1. The van der Waals surface area contributed by atoms with Gasteiger partial charge in [0.15, 0.2) is 0 Å². The van der Waals surface area contributed by atoms with Gasteiger partial charge in [-0.2, -0.15) is 0 Å². The zero-order chi connectivity index (χ0) is 17.4. The van der Waals surface area contributed by atoms with E-state index in [1.54, 1.807) is 18.2 Å². The van der Waals surface area contributed by atoms with Crippen molar-refractivity contribution in [2.75, 3.05) is 13.1 Å². The summed E-state index contributed by atoms with van der Waals surface area (Å²) in [6.45, 7) is 2.62. The third-order valence-electron chi connectivity index (χ3n) is 4.30. The van der Waals surface area contributed by atoms with E-state index in [1.807, 2.05) is 6.92 Å². The van der Waals surface area contributed by atoms with Crippen molar-refractivity contribution in [2.45, 2.75) is 45.1 Å². The van der Waals surface area contributed by atoms with E-state index in [-0.39, 0.29) is 29.7 Å². The lowest BCUT2D eigenvalue weighted by Crippen LogP contribution is -2.44. The predicted molar refractivity (Wildman–Crippen MR) is 91.1 cm³/mol. The number of amides is 3. The molecule has 1 atom stereocenters. The third kappa shape index (κ3) is 5.83. The highest BCUT2D eigenvalue weighted by Crippen LogP contribution is 2.24. The zero-order valence-electron chi connectivity index (χ0n) is 14.1. The topological polar surface area (TPSA) is 70.2 Å². The molecule has 1 unspecified atom stereocenters. The molecular formula is C18H26FN3O2. The average Bonchev–Trinajstić information content (AvgIpc) is 3.08. The monoisotopic (exact) mass is 335 g/mol. The van der Waals surface area contributed by atoms with Crippen LogP contribution in [0.4, 0.5) is 9.18 Å². The molecule has 6 heteroatoms. The highest BCUT2D eigenvalue weighted by Gasteiger charge is 2.21. The smallest absolute Gasteiger partial charge is 0.315 e. The van der Waals surface area contributed by atoms with Crippen LogP contribution in [0, 0.1) is 11.7 Å². The summed E-state index contributed by atoms with van der Waals surface area (Å²) in [5.74, 6) is -0.0385. The maximum atomic E-state index is 13.6. The lowest BCUT2D eigenvalue weighted by molar-refractivity contribution is -0.124. The molecule has 1 aromatic carbocycles. The van der Waals surface area contributed by atoms with Crippen LogP contribution in [0.5, 0.6) is 0 Å². The lowest BCUT2D eigenvalue weighted by Gasteiger charge is -2.15. The number of urea groups is 1. The summed E-state index contributed by atoms with van der Waals surface area (Å²) in [5, 5.41) is 8.32. The van der Waals surface area contributed by atoms with Gasteiger partial charge >= 0.3 is 6.03 Å². The summed E-state index contributed by atoms with van der Waals surface area (Å²) in [6.07, 6.45) is 4.61. The van der Waals surface area contributed by atoms with E-state index in [0.717, 1.165) is 25.7 Å². The number of nitrogens with one attached hydrogen (secondary N) is 3. The summed E-state index contributed by atoms with van der Waals surface area (Å²) in [5.41, 5.74) is 0.578. The van der Waals surface area contributed by atoms with Gasteiger partial charge in [0.25, 0.3) is 0 Å². The minimum atomic E-state index is -0.311. The molecule has 1 saturated carbocycles. The van der Waals surface area contributed by atoms with Crippen molar-refractivity contribution in [3.63, 3.8) is 0 Å². The van der Waals surface area contributed by atoms with E-state index >= 15 is 0 Å². The van der Waals surface area contributed by atoms with Crippen LogP contribution in [-0.2, 0) is 11.2 Å². The van der Waals surface area contributed by atoms with Crippen LogP contribution in [-0.4, -0.2) is 31.1 Å². The van der Waals surface area contributed by atoms with Gasteiger partial charge in [0.1, 0.15) is 5.82 Å². The standard InChI is InChI=1S/C18H26FN3O2/c1-13(12-15-8-4-5-9-16(15)19)22-18(24)21-11-10-20-17(23)14-6-2-3-7-14/h4-5,8-9,13-14H,2-3,6-7,10-12H2,1H3,(H,20,23)(H2,21,22,24). The molecule has 0 aliphatic heterocycles. The first-order valence-corrected chi connectivity index (χ1v) is 8.61. The molecule has 132 valence electrons. The molecule has 0 bridgehead atoms. The van der Waals surface area contributed by atoms with Gasteiger partial charge in [0, 0.05) is 25.0 Å². The van der Waals surface area contributed by atoms with Gasteiger partial charge in [-0.25, -0.2) is 9.18 Å². The van der Waals surface area contributed by atoms with E-state index < -0.39 is 0 Å². The van der Waals surface area contributed by atoms with E-state index in [9.17, 15) is 14.0 Å². The van der Waals surface area contributed by atoms with Gasteiger partial charge in [0.05, 0.1) is 0 Å². The Kier molecular flexibility index (Phi) is 7.03. The Morgan fingerprint density at radius 1 is 1.17 bits per heavy atom. The van der Waals surface area contributed by atoms with Crippen LogP contribution in [0.1, 0.15) is 38.2 Å². The van der Waals surface area contributed by atoms with Gasteiger partial charge in [-0.15, -0.1) is 0 Å². The molecule has 1 aliphatic carbocycles. The van der Waals surface area contributed by atoms with Crippen molar-refractivity contribution in [1.82, 2.24) is 16.0 Å². The van der Waals surface area contributed by atoms with Crippen molar-refractivity contribution >= 4 is 11.9 Å². The molecule has 0 heterocycles. The van der Waals surface area contributed by atoms with Gasteiger partial charge in [-0.1, -0.05) is 31.0 Å². The number of carbonyl (C=O) groups is 2. The van der Waals surface area contributed by atoms with Gasteiger partial charge in [0.2, 0.25) is 5.91 Å². The highest BCUT2D eigenvalue weighted by atomic mass is 19.1. The second-order valence-electron chi connectivity index (χ2n) is 6.37. The van der Waals surface area contributed by atoms with Crippen LogP contribution in [0.15, 0.2) is 24.3 Å². The molecule has 1 aromatic rings. The number of rotatable bonds is 7. The quantitative estimate of drug-likeness (QED) is 0.670. The molecule has 1 aliphatic rings. The summed E-state index contributed by atoms with van der Waals surface area (Å²) in [4.78, 5) is 23.6. The molecule has 0 saturated heterocycles. The molecule has 5 nitrogen and oxygen atoms in total. The van der Waals surface area contributed by atoms with Crippen molar-refractivity contribution in [2.24, 2.45) is 5.92 Å². The second-order valence-corrected chi connectivity index (χ2v) is 6.37. The van der Waals surface area contributed by atoms with Crippen LogP contribution in [0.2, 0.25) is 0 Å². The van der Waals surface area contributed by atoms with E-state index in [4.69, 9.17) is 0 Å². The number of hydrogen-bond acceptors (Lipinski definition) is 2. The van der Waals surface area contributed by atoms with E-state index in [1.165, 1.54) is 6.07 Å². The fourth-order valence-electron chi connectivity index (χ4n) is 3.01. The zero-order valence-corrected chi connectivity index (χ0v) is 14.1. The Hall–Kier alpha value is -2.11. The summed E-state index contributed by atoms with van der Waals surface area (Å²) in [7, 11) is 0. The molecule has 3 amide bonds. The van der Waals surface area contributed by atoms with E-state index in [0.29, 0.717) is 25.1 Å². The lowest BCUT2D eigenvalue weighted by atomic mass is 10.1. The highest BCUT2D eigenvalue weighted by molar-refractivity contribution is 5.79. The summed E-state index contributed by atoms with van der Waals surface area (Å²) in [6, 6.07) is 6.05. The van der Waals surface area contributed by atoms with Gasteiger partial charge < -0.3 is 16.0 Å². The van der Waals surface area contributed by atoms with Crippen molar-refractivity contribution < 1.29 is 14.0 Å². The molecule has 0 spiro atoms. The number of hydrogen-bond donors (Lipinski definition) is 3. The largest absolute Gasteiger partial charge is 0.354 e. The van der Waals surface area contributed by atoms with E-state index in [2.05, 4.69) is 16.0 Å². The normalized spacial score (nSPS) is 15.8. The van der Waals surface area contributed by atoms with Crippen LogP contribution in [0.3, 0.4) is 0 Å². The molecule has 0 aromatic heterocycles. The maximum absolute atomic E-state index is 13.6.